The number of furan rings is 1. The van der Waals surface area contributed by atoms with Crippen molar-refractivity contribution >= 4 is 12.0 Å². The predicted octanol–water partition coefficient (Wildman–Crippen LogP) is 2.58. The summed E-state index contributed by atoms with van der Waals surface area (Å²) in [5.41, 5.74) is 1.28. The molecule has 1 aliphatic rings. The van der Waals surface area contributed by atoms with Crippen LogP contribution in [0.4, 0.5) is 10.7 Å². The molecule has 0 radical (unpaired) electrons. The molecule has 3 N–H and O–H groups in total. The molecule has 0 saturated heterocycles. The summed E-state index contributed by atoms with van der Waals surface area (Å²) in [6, 6.07) is 3.64. The fourth-order valence-corrected chi connectivity index (χ4v) is 2.44. The van der Waals surface area contributed by atoms with E-state index in [2.05, 4.69) is 20.6 Å². The first-order valence-corrected chi connectivity index (χ1v) is 7.28. The number of fused-ring (bicyclic) bond motifs is 1. The molecule has 2 aromatic heterocycles. The summed E-state index contributed by atoms with van der Waals surface area (Å²) < 4.78 is 10.7. The summed E-state index contributed by atoms with van der Waals surface area (Å²) in [7, 11) is 0. The van der Waals surface area contributed by atoms with Crippen LogP contribution in [0.15, 0.2) is 22.8 Å². The minimum absolute atomic E-state index is 0.107. The second-order valence-electron chi connectivity index (χ2n) is 6.23. The van der Waals surface area contributed by atoms with E-state index in [1.807, 2.05) is 32.9 Å². The van der Waals surface area contributed by atoms with E-state index in [1.165, 1.54) is 0 Å². The molecule has 0 bridgehead atoms. The van der Waals surface area contributed by atoms with E-state index < -0.39 is 11.7 Å². The highest BCUT2D eigenvalue weighted by molar-refractivity contribution is 5.82. The summed E-state index contributed by atoms with van der Waals surface area (Å²) in [4.78, 5) is 19.4. The van der Waals surface area contributed by atoms with Crippen molar-refractivity contribution in [1.29, 1.82) is 0 Å². The number of H-pyrrole nitrogens is 1. The molecule has 1 unspecified atom stereocenters. The van der Waals surface area contributed by atoms with Gasteiger partial charge in [-0.25, -0.2) is 9.78 Å². The van der Waals surface area contributed by atoms with Crippen LogP contribution in [-0.2, 0) is 11.2 Å². The Morgan fingerprint density at radius 1 is 1.50 bits per heavy atom. The van der Waals surface area contributed by atoms with E-state index in [4.69, 9.17) is 9.15 Å². The van der Waals surface area contributed by atoms with Crippen LogP contribution in [0.1, 0.15) is 44.0 Å². The first kappa shape index (κ1) is 14.6. The molecular formula is C15H20N4O3. The molecular weight excluding hydrogens is 284 g/mol. The third kappa shape index (κ3) is 3.14. The van der Waals surface area contributed by atoms with Crippen LogP contribution in [0.25, 0.3) is 0 Å². The van der Waals surface area contributed by atoms with Gasteiger partial charge in [0.1, 0.15) is 17.4 Å². The van der Waals surface area contributed by atoms with Crippen LogP contribution >= 0.6 is 0 Å². The smallest absolute Gasteiger partial charge is 0.414 e. The summed E-state index contributed by atoms with van der Waals surface area (Å²) in [6.45, 7) is 6.26. The van der Waals surface area contributed by atoms with Crippen LogP contribution in [0.3, 0.4) is 0 Å². The van der Waals surface area contributed by atoms with Crippen LogP contribution in [0.2, 0.25) is 0 Å². The first-order chi connectivity index (χ1) is 10.4. The SMILES string of the molecule is CC(C)(C)OC(=O)Nc1nc2c([nH]1)CCNC2c1ccco1. The number of aromatic nitrogens is 2. The van der Waals surface area contributed by atoms with E-state index in [1.54, 1.807) is 6.26 Å². The van der Waals surface area contributed by atoms with Gasteiger partial charge in [-0.05, 0) is 32.9 Å². The average Bonchev–Trinajstić information content (AvgIpc) is 3.03. The number of carbonyl (C=O) groups is 1. The van der Waals surface area contributed by atoms with Gasteiger partial charge in [-0.3, -0.25) is 5.32 Å². The maximum absolute atomic E-state index is 11.8. The summed E-state index contributed by atoms with van der Waals surface area (Å²) in [5, 5.41) is 6.00. The molecule has 7 nitrogen and oxygen atoms in total. The maximum Gasteiger partial charge on any atom is 0.414 e. The number of amides is 1. The van der Waals surface area contributed by atoms with Gasteiger partial charge in [0.25, 0.3) is 0 Å². The van der Waals surface area contributed by atoms with Gasteiger partial charge in [-0.2, -0.15) is 0 Å². The van der Waals surface area contributed by atoms with Crippen molar-refractivity contribution in [2.45, 2.75) is 38.8 Å². The van der Waals surface area contributed by atoms with Crippen LogP contribution in [0, 0.1) is 0 Å². The highest BCUT2D eigenvalue weighted by atomic mass is 16.6. The molecule has 0 spiro atoms. The lowest BCUT2D eigenvalue weighted by atomic mass is 10.0. The number of imidazole rings is 1. The van der Waals surface area contributed by atoms with E-state index in [0.29, 0.717) is 5.95 Å². The van der Waals surface area contributed by atoms with E-state index in [0.717, 1.165) is 30.1 Å². The lowest BCUT2D eigenvalue weighted by Crippen LogP contribution is -2.30. The number of carbonyl (C=O) groups excluding carboxylic acids is 1. The monoisotopic (exact) mass is 304 g/mol. The molecule has 118 valence electrons. The Bertz CT molecular complexity index is 655. The minimum atomic E-state index is -0.547. The van der Waals surface area contributed by atoms with E-state index in [9.17, 15) is 4.79 Å². The van der Waals surface area contributed by atoms with Gasteiger partial charge >= 0.3 is 6.09 Å². The Kier molecular flexibility index (Phi) is 3.66. The predicted molar refractivity (Wildman–Crippen MR) is 80.7 cm³/mol. The standard InChI is InChI=1S/C15H20N4O3/c1-15(2,3)22-14(20)19-13-17-9-6-7-16-12(11(9)18-13)10-5-4-8-21-10/h4-5,8,12,16H,6-7H2,1-3H3,(H2,17,18,19,20). The Morgan fingerprint density at radius 2 is 2.32 bits per heavy atom. The molecule has 0 saturated carbocycles. The molecule has 1 amide bonds. The number of nitrogens with zero attached hydrogens (tertiary/aromatic N) is 1. The number of rotatable bonds is 2. The molecule has 1 atom stereocenters. The molecule has 0 fully saturated rings. The van der Waals surface area contributed by atoms with E-state index in [-0.39, 0.29) is 6.04 Å². The average molecular weight is 304 g/mol. The lowest BCUT2D eigenvalue weighted by molar-refractivity contribution is 0.0635. The highest BCUT2D eigenvalue weighted by Crippen LogP contribution is 2.28. The van der Waals surface area contributed by atoms with Gasteiger partial charge in [0.05, 0.1) is 12.0 Å². The van der Waals surface area contributed by atoms with Crippen LogP contribution < -0.4 is 10.6 Å². The van der Waals surface area contributed by atoms with Gasteiger partial charge in [0.15, 0.2) is 0 Å². The van der Waals surface area contributed by atoms with Gasteiger partial charge in [-0.1, -0.05) is 0 Å². The van der Waals surface area contributed by atoms with Crippen molar-refractivity contribution in [2.75, 3.05) is 11.9 Å². The Balaban J connectivity index is 1.78. The Hall–Kier alpha value is -2.28. The van der Waals surface area contributed by atoms with Crippen molar-refractivity contribution in [3.05, 3.63) is 35.5 Å². The Labute approximate surface area is 128 Å². The second kappa shape index (κ2) is 5.49. The van der Waals surface area contributed by atoms with Crippen molar-refractivity contribution in [2.24, 2.45) is 0 Å². The maximum atomic E-state index is 11.8. The zero-order chi connectivity index (χ0) is 15.7. The van der Waals surface area contributed by atoms with Crippen molar-refractivity contribution in [3.8, 4) is 0 Å². The largest absolute Gasteiger partial charge is 0.467 e. The third-order valence-electron chi connectivity index (χ3n) is 3.25. The second-order valence-corrected chi connectivity index (χ2v) is 6.23. The number of nitrogens with one attached hydrogen (secondary N) is 3. The molecule has 7 heteroatoms. The van der Waals surface area contributed by atoms with E-state index >= 15 is 0 Å². The lowest BCUT2D eigenvalue weighted by Gasteiger charge is -2.20. The summed E-state index contributed by atoms with van der Waals surface area (Å²) >= 11 is 0. The first-order valence-electron chi connectivity index (χ1n) is 7.28. The van der Waals surface area contributed by atoms with Crippen LogP contribution in [0.5, 0.6) is 0 Å². The molecule has 0 aliphatic carbocycles. The highest BCUT2D eigenvalue weighted by Gasteiger charge is 2.28. The minimum Gasteiger partial charge on any atom is -0.467 e. The molecule has 3 rings (SSSR count). The number of ether oxygens (including phenoxy) is 1. The quantitative estimate of drug-likeness (QED) is 0.793. The molecule has 3 heterocycles. The van der Waals surface area contributed by atoms with Gasteiger partial charge < -0.3 is 19.5 Å². The zero-order valence-electron chi connectivity index (χ0n) is 12.9. The molecule has 2 aromatic rings. The topological polar surface area (TPSA) is 92.2 Å². The fraction of sp³-hybridized carbons (Fsp3) is 0.467. The van der Waals surface area contributed by atoms with Gasteiger partial charge in [-0.15, -0.1) is 0 Å². The number of aromatic amines is 1. The Morgan fingerprint density at radius 3 is 3.00 bits per heavy atom. The summed E-state index contributed by atoms with van der Waals surface area (Å²) in [5.74, 6) is 1.19. The normalized spacial score (nSPS) is 17.9. The fourth-order valence-electron chi connectivity index (χ4n) is 2.44. The van der Waals surface area contributed by atoms with Crippen molar-refractivity contribution < 1.29 is 13.9 Å². The number of hydrogen-bond donors (Lipinski definition) is 3. The zero-order valence-corrected chi connectivity index (χ0v) is 12.9. The molecule has 22 heavy (non-hydrogen) atoms. The van der Waals surface area contributed by atoms with Crippen molar-refractivity contribution in [3.63, 3.8) is 0 Å². The number of anilines is 1. The molecule has 1 aliphatic heterocycles. The molecule has 0 aromatic carbocycles. The summed E-state index contributed by atoms with van der Waals surface area (Å²) in [6.07, 6.45) is 1.92. The van der Waals surface area contributed by atoms with Crippen LogP contribution in [-0.4, -0.2) is 28.2 Å². The van der Waals surface area contributed by atoms with Crippen molar-refractivity contribution in [1.82, 2.24) is 15.3 Å². The third-order valence-corrected chi connectivity index (χ3v) is 3.25. The number of hydrogen-bond acceptors (Lipinski definition) is 5. The van der Waals surface area contributed by atoms with Gasteiger partial charge in [0, 0.05) is 18.7 Å². The van der Waals surface area contributed by atoms with Gasteiger partial charge in [0.2, 0.25) is 5.95 Å².